The van der Waals surface area contributed by atoms with E-state index in [-0.39, 0.29) is 6.04 Å². The monoisotopic (exact) mass is 315 g/mol. The molecule has 6 heteroatoms. The van der Waals surface area contributed by atoms with Crippen LogP contribution in [-0.2, 0) is 7.05 Å². The minimum atomic E-state index is 0.203. The number of nitrogens with zero attached hydrogens (tertiary/aromatic N) is 5. The standard InChI is InChI=1S/C16H18ClN5/c1-10-13(7-6-12(9-18)15(10)17)22-8-4-5-14(22)16-20-19-11(2)21(16)3/h6-7,14H,4-5,8H2,1-3H3. The normalized spacial score (nSPS) is 17.8. The lowest BCUT2D eigenvalue weighted by Crippen LogP contribution is -2.25. The summed E-state index contributed by atoms with van der Waals surface area (Å²) in [4.78, 5) is 2.33. The fourth-order valence-electron chi connectivity index (χ4n) is 3.11. The van der Waals surface area contributed by atoms with Gasteiger partial charge in [0.1, 0.15) is 11.9 Å². The van der Waals surface area contributed by atoms with Crippen molar-refractivity contribution in [3.63, 3.8) is 0 Å². The molecule has 1 atom stereocenters. The first-order valence-corrected chi connectivity index (χ1v) is 7.74. The Morgan fingerprint density at radius 2 is 2.09 bits per heavy atom. The minimum absolute atomic E-state index is 0.203. The Kier molecular flexibility index (Phi) is 3.79. The minimum Gasteiger partial charge on any atom is -0.361 e. The lowest BCUT2D eigenvalue weighted by molar-refractivity contribution is 0.624. The van der Waals surface area contributed by atoms with Crippen molar-refractivity contribution in [3.8, 4) is 6.07 Å². The highest BCUT2D eigenvalue weighted by molar-refractivity contribution is 6.32. The Morgan fingerprint density at radius 1 is 1.32 bits per heavy atom. The molecule has 1 aliphatic heterocycles. The van der Waals surface area contributed by atoms with Crippen LogP contribution in [0.1, 0.15) is 41.7 Å². The van der Waals surface area contributed by atoms with E-state index >= 15 is 0 Å². The van der Waals surface area contributed by atoms with Crippen molar-refractivity contribution < 1.29 is 0 Å². The Bertz CT molecular complexity index is 759. The highest BCUT2D eigenvalue weighted by Gasteiger charge is 2.31. The topological polar surface area (TPSA) is 57.7 Å². The summed E-state index contributed by atoms with van der Waals surface area (Å²) in [5, 5.41) is 18.2. The van der Waals surface area contributed by atoms with Crippen LogP contribution in [-0.4, -0.2) is 21.3 Å². The fourth-order valence-corrected chi connectivity index (χ4v) is 3.31. The quantitative estimate of drug-likeness (QED) is 0.853. The molecule has 1 aromatic heterocycles. The van der Waals surface area contributed by atoms with E-state index in [0.29, 0.717) is 10.6 Å². The zero-order chi connectivity index (χ0) is 15.9. The van der Waals surface area contributed by atoms with Crippen molar-refractivity contribution in [1.29, 1.82) is 5.26 Å². The molecule has 1 aromatic carbocycles. The third-order valence-electron chi connectivity index (χ3n) is 4.46. The second-order valence-corrected chi connectivity index (χ2v) is 6.08. The van der Waals surface area contributed by atoms with E-state index in [9.17, 15) is 0 Å². The molecule has 22 heavy (non-hydrogen) atoms. The summed E-state index contributed by atoms with van der Waals surface area (Å²) < 4.78 is 2.05. The van der Waals surface area contributed by atoms with E-state index in [0.717, 1.165) is 42.3 Å². The molecular weight excluding hydrogens is 298 g/mol. The number of anilines is 1. The Balaban J connectivity index is 2.03. The molecule has 0 radical (unpaired) electrons. The summed E-state index contributed by atoms with van der Waals surface area (Å²) in [6, 6.07) is 6.12. The Labute approximate surface area is 135 Å². The van der Waals surface area contributed by atoms with Crippen LogP contribution >= 0.6 is 11.6 Å². The largest absolute Gasteiger partial charge is 0.361 e. The first-order valence-electron chi connectivity index (χ1n) is 7.36. The van der Waals surface area contributed by atoms with Gasteiger partial charge in [-0.15, -0.1) is 10.2 Å². The predicted molar refractivity (Wildman–Crippen MR) is 86.0 cm³/mol. The van der Waals surface area contributed by atoms with E-state index in [2.05, 4.69) is 21.2 Å². The molecular formula is C16H18ClN5. The summed E-state index contributed by atoms with van der Waals surface area (Å²) in [5.41, 5.74) is 2.55. The van der Waals surface area contributed by atoms with Crippen LogP contribution < -0.4 is 4.90 Å². The Hall–Kier alpha value is -2.06. The van der Waals surface area contributed by atoms with Gasteiger partial charge < -0.3 is 9.47 Å². The van der Waals surface area contributed by atoms with Gasteiger partial charge in [-0.3, -0.25) is 0 Å². The Morgan fingerprint density at radius 3 is 2.73 bits per heavy atom. The van der Waals surface area contributed by atoms with Gasteiger partial charge in [0, 0.05) is 19.3 Å². The molecule has 5 nitrogen and oxygen atoms in total. The van der Waals surface area contributed by atoms with Crippen LogP contribution in [0.3, 0.4) is 0 Å². The van der Waals surface area contributed by atoms with Gasteiger partial charge >= 0.3 is 0 Å². The second kappa shape index (κ2) is 5.62. The van der Waals surface area contributed by atoms with E-state index in [1.165, 1.54) is 0 Å². The molecule has 1 fully saturated rings. The van der Waals surface area contributed by atoms with Gasteiger partial charge in [0.05, 0.1) is 16.6 Å². The van der Waals surface area contributed by atoms with Gasteiger partial charge in [0.15, 0.2) is 5.82 Å². The second-order valence-electron chi connectivity index (χ2n) is 5.70. The number of benzene rings is 1. The van der Waals surface area contributed by atoms with Crippen LogP contribution in [0.2, 0.25) is 5.02 Å². The molecule has 0 saturated carbocycles. The zero-order valence-electron chi connectivity index (χ0n) is 13.0. The third kappa shape index (κ3) is 2.24. The van der Waals surface area contributed by atoms with E-state index < -0.39 is 0 Å². The van der Waals surface area contributed by atoms with Crippen molar-refractivity contribution in [3.05, 3.63) is 39.9 Å². The summed E-state index contributed by atoms with van der Waals surface area (Å²) in [6.07, 6.45) is 2.15. The van der Waals surface area contributed by atoms with Crippen LogP contribution in [0, 0.1) is 25.2 Å². The van der Waals surface area contributed by atoms with E-state index in [1.54, 1.807) is 6.07 Å². The lowest BCUT2D eigenvalue weighted by atomic mass is 10.1. The van der Waals surface area contributed by atoms with Crippen molar-refractivity contribution >= 4 is 17.3 Å². The molecule has 1 saturated heterocycles. The number of rotatable bonds is 2. The smallest absolute Gasteiger partial charge is 0.155 e. The van der Waals surface area contributed by atoms with Gasteiger partial charge in [-0.05, 0) is 44.4 Å². The van der Waals surface area contributed by atoms with E-state index in [4.69, 9.17) is 16.9 Å². The lowest BCUT2D eigenvalue weighted by Gasteiger charge is -2.28. The maximum absolute atomic E-state index is 9.10. The number of halogens is 1. The van der Waals surface area contributed by atoms with Crippen molar-refractivity contribution in [2.75, 3.05) is 11.4 Å². The van der Waals surface area contributed by atoms with Gasteiger partial charge in [-0.1, -0.05) is 11.6 Å². The number of hydrogen-bond acceptors (Lipinski definition) is 4. The first-order chi connectivity index (χ1) is 10.5. The number of nitriles is 1. The highest BCUT2D eigenvalue weighted by atomic mass is 35.5. The molecule has 0 bridgehead atoms. The summed E-state index contributed by atoms with van der Waals surface area (Å²) >= 11 is 6.32. The summed E-state index contributed by atoms with van der Waals surface area (Å²) in [5.74, 6) is 1.89. The van der Waals surface area contributed by atoms with Crippen molar-refractivity contribution in [2.45, 2.75) is 32.7 Å². The third-order valence-corrected chi connectivity index (χ3v) is 4.95. The molecule has 3 rings (SSSR count). The summed E-state index contributed by atoms with van der Waals surface area (Å²) in [7, 11) is 2.00. The summed E-state index contributed by atoms with van der Waals surface area (Å²) in [6.45, 7) is 4.88. The maximum Gasteiger partial charge on any atom is 0.155 e. The molecule has 1 unspecified atom stereocenters. The van der Waals surface area contributed by atoms with Crippen molar-refractivity contribution in [2.24, 2.45) is 7.05 Å². The van der Waals surface area contributed by atoms with Crippen LogP contribution in [0.4, 0.5) is 5.69 Å². The van der Waals surface area contributed by atoms with Crippen molar-refractivity contribution in [1.82, 2.24) is 14.8 Å². The van der Waals surface area contributed by atoms with Gasteiger partial charge in [0.25, 0.3) is 0 Å². The molecule has 1 aliphatic rings. The number of aryl methyl sites for hydroxylation is 1. The number of aromatic nitrogens is 3. The molecule has 0 N–H and O–H groups in total. The highest BCUT2D eigenvalue weighted by Crippen LogP contribution is 2.39. The average molecular weight is 316 g/mol. The average Bonchev–Trinajstić information content (AvgIpc) is 3.10. The van der Waals surface area contributed by atoms with E-state index in [1.807, 2.05) is 31.5 Å². The molecule has 2 heterocycles. The van der Waals surface area contributed by atoms with Crippen LogP contribution in [0.25, 0.3) is 0 Å². The van der Waals surface area contributed by atoms with Crippen LogP contribution in [0.5, 0.6) is 0 Å². The van der Waals surface area contributed by atoms with Gasteiger partial charge in [-0.2, -0.15) is 5.26 Å². The maximum atomic E-state index is 9.10. The van der Waals surface area contributed by atoms with Crippen LogP contribution in [0.15, 0.2) is 12.1 Å². The zero-order valence-corrected chi connectivity index (χ0v) is 13.7. The SMILES string of the molecule is Cc1c(N2CCCC2c2nnc(C)n2C)ccc(C#N)c1Cl. The molecule has 0 amide bonds. The van der Waals surface area contributed by atoms with Gasteiger partial charge in [-0.25, -0.2) is 0 Å². The molecule has 2 aromatic rings. The predicted octanol–water partition coefficient (Wildman–Crippen LogP) is 3.30. The molecule has 0 spiro atoms. The molecule has 114 valence electrons. The number of hydrogen-bond donors (Lipinski definition) is 0. The van der Waals surface area contributed by atoms with Gasteiger partial charge in [0.2, 0.25) is 0 Å². The first kappa shape index (κ1) is 14.9. The fraction of sp³-hybridized carbons (Fsp3) is 0.438. The molecule has 0 aliphatic carbocycles.